The van der Waals surface area contributed by atoms with Gasteiger partial charge in [-0.05, 0) is 44.4 Å². The van der Waals surface area contributed by atoms with Crippen molar-refractivity contribution in [2.24, 2.45) is 0 Å². The topological polar surface area (TPSA) is 78.2 Å². The van der Waals surface area contributed by atoms with Crippen LogP contribution in [0.1, 0.15) is 35.7 Å². The molecule has 1 aliphatic carbocycles. The molecule has 0 N–H and O–H groups in total. The zero-order chi connectivity index (χ0) is 15.9. The van der Waals surface area contributed by atoms with Crippen LogP contribution in [0.3, 0.4) is 0 Å². The standard InChI is InChI=1S/C15H14ClN3O3/c1-8-7-11(10-3-4-10)17-9(2)14(8)22-15-12(19(20)21)5-6-13(16)18-15/h5-7,10H,3-4H2,1-2H3. The molecule has 0 unspecified atom stereocenters. The molecule has 114 valence electrons. The first-order valence-electron chi connectivity index (χ1n) is 6.92. The number of ether oxygens (including phenoxy) is 1. The Morgan fingerprint density at radius 3 is 2.64 bits per heavy atom. The predicted octanol–water partition coefficient (Wildman–Crippen LogP) is 4.32. The second kappa shape index (κ2) is 5.53. The maximum absolute atomic E-state index is 11.1. The molecule has 22 heavy (non-hydrogen) atoms. The van der Waals surface area contributed by atoms with Gasteiger partial charge in [0.1, 0.15) is 5.15 Å². The molecule has 0 aromatic carbocycles. The van der Waals surface area contributed by atoms with Gasteiger partial charge in [-0.1, -0.05) is 11.6 Å². The van der Waals surface area contributed by atoms with Gasteiger partial charge in [0.25, 0.3) is 0 Å². The van der Waals surface area contributed by atoms with Crippen molar-refractivity contribution in [2.45, 2.75) is 32.6 Å². The molecule has 0 bridgehead atoms. The Morgan fingerprint density at radius 1 is 1.32 bits per heavy atom. The second-order valence-corrected chi connectivity index (χ2v) is 5.76. The molecule has 0 atom stereocenters. The van der Waals surface area contributed by atoms with E-state index in [4.69, 9.17) is 16.3 Å². The van der Waals surface area contributed by atoms with E-state index < -0.39 is 4.92 Å². The third kappa shape index (κ3) is 2.87. The molecule has 3 rings (SSSR count). The highest BCUT2D eigenvalue weighted by atomic mass is 35.5. The van der Waals surface area contributed by atoms with E-state index in [9.17, 15) is 10.1 Å². The Bertz CT molecular complexity index is 737. The summed E-state index contributed by atoms with van der Waals surface area (Å²) in [6.45, 7) is 3.72. The third-order valence-corrected chi connectivity index (χ3v) is 3.76. The second-order valence-electron chi connectivity index (χ2n) is 5.37. The average Bonchev–Trinajstić information content (AvgIpc) is 3.26. The molecule has 1 saturated carbocycles. The van der Waals surface area contributed by atoms with Crippen molar-refractivity contribution in [3.63, 3.8) is 0 Å². The first-order chi connectivity index (χ1) is 10.5. The van der Waals surface area contributed by atoms with Crippen LogP contribution in [0.2, 0.25) is 5.15 Å². The van der Waals surface area contributed by atoms with Crippen molar-refractivity contribution in [3.05, 3.63) is 50.4 Å². The molecule has 7 heteroatoms. The van der Waals surface area contributed by atoms with Gasteiger partial charge in [-0.15, -0.1) is 0 Å². The molecule has 2 aromatic rings. The SMILES string of the molecule is Cc1cc(C2CC2)nc(C)c1Oc1nc(Cl)ccc1[N+](=O)[O-]. The van der Waals surface area contributed by atoms with Gasteiger partial charge in [0.15, 0.2) is 5.75 Å². The van der Waals surface area contributed by atoms with Crippen LogP contribution in [0.5, 0.6) is 11.6 Å². The van der Waals surface area contributed by atoms with Gasteiger partial charge in [0.2, 0.25) is 0 Å². The molecule has 0 spiro atoms. The summed E-state index contributed by atoms with van der Waals surface area (Å²) in [7, 11) is 0. The summed E-state index contributed by atoms with van der Waals surface area (Å²) >= 11 is 5.81. The largest absolute Gasteiger partial charge is 0.431 e. The summed E-state index contributed by atoms with van der Waals surface area (Å²) in [5, 5.41) is 11.2. The fourth-order valence-corrected chi connectivity index (χ4v) is 2.45. The molecule has 2 aromatic heterocycles. The zero-order valence-corrected chi connectivity index (χ0v) is 12.9. The Balaban J connectivity index is 1.99. The van der Waals surface area contributed by atoms with Gasteiger partial charge < -0.3 is 4.74 Å². The molecule has 6 nitrogen and oxygen atoms in total. The van der Waals surface area contributed by atoms with Gasteiger partial charge in [0, 0.05) is 17.7 Å². The number of hydrogen-bond acceptors (Lipinski definition) is 5. The van der Waals surface area contributed by atoms with Crippen molar-refractivity contribution >= 4 is 17.3 Å². The molecule has 1 aliphatic rings. The Kier molecular flexibility index (Phi) is 3.70. The highest BCUT2D eigenvalue weighted by molar-refractivity contribution is 6.29. The van der Waals surface area contributed by atoms with Crippen LogP contribution in [0, 0.1) is 24.0 Å². The molecule has 2 heterocycles. The fourth-order valence-electron chi connectivity index (χ4n) is 2.31. The summed E-state index contributed by atoms with van der Waals surface area (Å²) in [5.74, 6) is 0.900. The number of rotatable bonds is 4. The average molecular weight is 320 g/mol. The predicted molar refractivity (Wildman–Crippen MR) is 81.7 cm³/mol. The lowest BCUT2D eigenvalue weighted by molar-refractivity contribution is -0.386. The van der Waals surface area contributed by atoms with Gasteiger partial charge in [-0.2, -0.15) is 4.98 Å². The minimum Gasteiger partial charge on any atom is -0.431 e. The lowest BCUT2D eigenvalue weighted by atomic mass is 10.1. The number of aromatic nitrogens is 2. The van der Waals surface area contributed by atoms with Crippen molar-refractivity contribution in [1.29, 1.82) is 0 Å². The van der Waals surface area contributed by atoms with Crippen LogP contribution in [-0.2, 0) is 0 Å². The summed E-state index contributed by atoms with van der Waals surface area (Å²) < 4.78 is 5.67. The summed E-state index contributed by atoms with van der Waals surface area (Å²) in [4.78, 5) is 19.0. The van der Waals surface area contributed by atoms with Crippen LogP contribution in [0.25, 0.3) is 0 Å². The van der Waals surface area contributed by atoms with E-state index in [1.165, 1.54) is 12.1 Å². The van der Waals surface area contributed by atoms with E-state index in [-0.39, 0.29) is 16.7 Å². The van der Waals surface area contributed by atoms with Crippen LogP contribution in [0.4, 0.5) is 5.69 Å². The Morgan fingerprint density at radius 2 is 2.05 bits per heavy atom. The number of nitrogens with zero attached hydrogens (tertiary/aromatic N) is 3. The Labute approximate surface area is 132 Å². The number of aryl methyl sites for hydroxylation is 2. The maximum Gasteiger partial charge on any atom is 0.331 e. The van der Waals surface area contributed by atoms with Crippen LogP contribution >= 0.6 is 11.6 Å². The van der Waals surface area contributed by atoms with Crippen LogP contribution in [0.15, 0.2) is 18.2 Å². The normalized spacial score (nSPS) is 14.0. The number of halogens is 1. The maximum atomic E-state index is 11.1. The summed E-state index contributed by atoms with van der Waals surface area (Å²) in [6.07, 6.45) is 2.32. The Hall–Kier alpha value is -2.21. The van der Waals surface area contributed by atoms with E-state index >= 15 is 0 Å². The van der Waals surface area contributed by atoms with Gasteiger partial charge in [0.05, 0.1) is 10.6 Å². The number of pyridine rings is 2. The van der Waals surface area contributed by atoms with E-state index in [1.54, 1.807) is 0 Å². The lowest BCUT2D eigenvalue weighted by Gasteiger charge is -2.12. The molecular formula is C15H14ClN3O3. The fraction of sp³-hybridized carbons (Fsp3) is 0.333. The smallest absolute Gasteiger partial charge is 0.331 e. The van der Waals surface area contributed by atoms with Crippen molar-refractivity contribution in [3.8, 4) is 11.6 Å². The third-order valence-electron chi connectivity index (χ3n) is 3.55. The van der Waals surface area contributed by atoms with E-state index in [0.717, 1.165) is 24.1 Å². The van der Waals surface area contributed by atoms with Gasteiger partial charge in [-0.3, -0.25) is 15.1 Å². The highest BCUT2D eigenvalue weighted by Crippen LogP contribution is 2.41. The molecule has 1 fully saturated rings. The van der Waals surface area contributed by atoms with Crippen molar-refractivity contribution < 1.29 is 9.66 Å². The van der Waals surface area contributed by atoms with Gasteiger partial charge in [-0.25, -0.2) is 0 Å². The molecular weight excluding hydrogens is 306 g/mol. The minimum absolute atomic E-state index is 0.121. The number of hydrogen-bond donors (Lipinski definition) is 0. The van der Waals surface area contributed by atoms with Crippen molar-refractivity contribution in [1.82, 2.24) is 9.97 Å². The van der Waals surface area contributed by atoms with Crippen molar-refractivity contribution in [2.75, 3.05) is 0 Å². The summed E-state index contributed by atoms with van der Waals surface area (Å²) in [5.41, 5.74) is 2.40. The van der Waals surface area contributed by atoms with Crippen LogP contribution in [-0.4, -0.2) is 14.9 Å². The van der Waals surface area contributed by atoms with Gasteiger partial charge >= 0.3 is 11.6 Å². The molecule has 0 radical (unpaired) electrons. The monoisotopic (exact) mass is 319 g/mol. The molecule has 0 aliphatic heterocycles. The minimum atomic E-state index is -0.546. The summed E-state index contributed by atoms with van der Waals surface area (Å²) in [6, 6.07) is 4.61. The number of nitro groups is 1. The molecule has 0 amide bonds. The highest BCUT2D eigenvalue weighted by Gasteiger charge is 2.27. The van der Waals surface area contributed by atoms with E-state index in [2.05, 4.69) is 9.97 Å². The van der Waals surface area contributed by atoms with Crippen LogP contribution < -0.4 is 4.74 Å². The molecule has 0 saturated heterocycles. The first-order valence-corrected chi connectivity index (χ1v) is 7.30. The van der Waals surface area contributed by atoms with E-state index in [0.29, 0.717) is 17.4 Å². The lowest BCUT2D eigenvalue weighted by Crippen LogP contribution is -2.01. The first kappa shape index (κ1) is 14.7. The zero-order valence-electron chi connectivity index (χ0n) is 12.2. The quantitative estimate of drug-likeness (QED) is 0.476. The van der Waals surface area contributed by atoms with E-state index in [1.807, 2.05) is 19.9 Å².